The highest BCUT2D eigenvalue weighted by Gasteiger charge is 2.21. The van der Waals surface area contributed by atoms with Gasteiger partial charge in [-0.2, -0.15) is 0 Å². The Morgan fingerprint density at radius 2 is 2.37 bits per heavy atom. The first-order valence-electron chi connectivity index (χ1n) is 6.69. The Morgan fingerprint density at radius 1 is 1.53 bits per heavy atom. The second kappa shape index (κ2) is 6.78. The molecule has 0 aliphatic carbocycles. The number of anilines is 1. The molecule has 0 radical (unpaired) electrons. The van der Waals surface area contributed by atoms with Crippen molar-refractivity contribution in [3.63, 3.8) is 0 Å². The van der Waals surface area contributed by atoms with Gasteiger partial charge >= 0.3 is 6.03 Å². The summed E-state index contributed by atoms with van der Waals surface area (Å²) in [5.41, 5.74) is 0.707. The lowest BCUT2D eigenvalue weighted by atomic mass is 9.93. The average molecular weight is 282 g/mol. The zero-order valence-electron chi connectivity index (χ0n) is 11.1. The normalized spacial score (nSPS) is 20.6. The van der Waals surface area contributed by atoms with Crippen LogP contribution in [0.1, 0.15) is 19.8 Å². The molecule has 0 bridgehead atoms. The van der Waals surface area contributed by atoms with Gasteiger partial charge in [-0.1, -0.05) is 17.7 Å². The molecule has 4 nitrogen and oxygen atoms in total. The zero-order valence-corrected chi connectivity index (χ0v) is 11.8. The van der Waals surface area contributed by atoms with E-state index in [2.05, 4.69) is 22.9 Å². The van der Waals surface area contributed by atoms with Gasteiger partial charge in [-0.15, -0.1) is 0 Å². The minimum atomic E-state index is -0.180. The van der Waals surface area contributed by atoms with E-state index in [1.54, 1.807) is 12.1 Å². The molecule has 1 heterocycles. The van der Waals surface area contributed by atoms with E-state index in [-0.39, 0.29) is 12.1 Å². The van der Waals surface area contributed by atoms with Gasteiger partial charge in [0.1, 0.15) is 0 Å². The molecule has 0 aromatic heterocycles. The van der Waals surface area contributed by atoms with Crippen LogP contribution in [-0.4, -0.2) is 25.2 Å². The van der Waals surface area contributed by atoms with Gasteiger partial charge in [0, 0.05) is 16.8 Å². The van der Waals surface area contributed by atoms with Crippen LogP contribution >= 0.6 is 11.6 Å². The minimum absolute atomic E-state index is 0.159. The summed E-state index contributed by atoms with van der Waals surface area (Å²) in [5.74, 6) is 0.499. The molecule has 5 heteroatoms. The predicted molar refractivity (Wildman–Crippen MR) is 78.7 cm³/mol. The summed E-state index contributed by atoms with van der Waals surface area (Å²) in [4.78, 5) is 11.9. The summed E-state index contributed by atoms with van der Waals surface area (Å²) < 4.78 is 0. The fourth-order valence-corrected chi connectivity index (χ4v) is 2.55. The first-order valence-corrected chi connectivity index (χ1v) is 7.07. The van der Waals surface area contributed by atoms with Gasteiger partial charge in [0.2, 0.25) is 0 Å². The Hall–Kier alpha value is -1.26. The fourth-order valence-electron chi connectivity index (χ4n) is 2.36. The largest absolute Gasteiger partial charge is 0.335 e. The van der Waals surface area contributed by atoms with Crippen LogP contribution in [-0.2, 0) is 0 Å². The molecule has 1 fully saturated rings. The molecule has 1 aromatic rings. The maximum Gasteiger partial charge on any atom is 0.319 e. The smallest absolute Gasteiger partial charge is 0.319 e. The van der Waals surface area contributed by atoms with Crippen LogP contribution in [0.2, 0.25) is 5.02 Å². The summed E-state index contributed by atoms with van der Waals surface area (Å²) in [7, 11) is 0. The molecule has 19 heavy (non-hydrogen) atoms. The van der Waals surface area contributed by atoms with Crippen molar-refractivity contribution in [1.29, 1.82) is 0 Å². The molecular formula is C14H20ClN3O. The maximum atomic E-state index is 11.9. The highest BCUT2D eigenvalue weighted by Crippen LogP contribution is 2.16. The molecule has 1 aromatic carbocycles. The van der Waals surface area contributed by atoms with Crippen molar-refractivity contribution in [2.24, 2.45) is 5.92 Å². The number of carbonyl (C=O) groups is 1. The van der Waals surface area contributed by atoms with Gasteiger partial charge < -0.3 is 16.0 Å². The van der Waals surface area contributed by atoms with Gasteiger partial charge in [0.15, 0.2) is 0 Å². The van der Waals surface area contributed by atoms with Crippen molar-refractivity contribution in [2.75, 3.05) is 18.4 Å². The maximum absolute atomic E-state index is 11.9. The van der Waals surface area contributed by atoms with Crippen molar-refractivity contribution < 1.29 is 4.79 Å². The van der Waals surface area contributed by atoms with E-state index in [0.717, 1.165) is 19.5 Å². The van der Waals surface area contributed by atoms with Crippen molar-refractivity contribution in [3.8, 4) is 0 Å². The average Bonchev–Trinajstić information content (AvgIpc) is 2.39. The van der Waals surface area contributed by atoms with Crippen molar-refractivity contribution in [3.05, 3.63) is 29.3 Å². The topological polar surface area (TPSA) is 53.2 Å². The standard InChI is InChI=1S/C14H20ClN3O/c1-10(11-4-3-7-16-9-11)17-14(19)18-13-6-2-5-12(15)8-13/h2,5-6,8,10-11,16H,3-4,7,9H2,1H3,(H2,17,18,19). The number of rotatable bonds is 3. The van der Waals surface area contributed by atoms with Crippen LogP contribution in [0.3, 0.4) is 0 Å². The molecule has 2 atom stereocenters. The quantitative estimate of drug-likeness (QED) is 0.798. The molecule has 0 saturated carbocycles. The molecule has 2 amide bonds. The van der Waals surface area contributed by atoms with Crippen LogP contribution in [0.25, 0.3) is 0 Å². The van der Waals surface area contributed by atoms with Crippen LogP contribution in [0.4, 0.5) is 10.5 Å². The summed E-state index contributed by atoms with van der Waals surface area (Å²) in [6.07, 6.45) is 2.33. The molecule has 0 spiro atoms. The molecule has 104 valence electrons. The molecule has 3 N–H and O–H groups in total. The molecule has 1 aliphatic rings. The number of nitrogens with one attached hydrogen (secondary N) is 3. The number of amides is 2. The van der Waals surface area contributed by atoms with E-state index in [1.165, 1.54) is 6.42 Å². The lowest BCUT2D eigenvalue weighted by molar-refractivity contribution is 0.238. The summed E-state index contributed by atoms with van der Waals surface area (Å²) in [6.45, 7) is 4.10. The third-order valence-corrected chi connectivity index (χ3v) is 3.72. The zero-order chi connectivity index (χ0) is 13.7. The Bertz CT molecular complexity index is 432. The number of urea groups is 1. The lowest BCUT2D eigenvalue weighted by Crippen LogP contribution is -2.45. The Kier molecular flexibility index (Phi) is 5.05. The molecular weight excluding hydrogens is 262 g/mol. The third kappa shape index (κ3) is 4.40. The van der Waals surface area contributed by atoms with Crippen LogP contribution in [0.15, 0.2) is 24.3 Å². The second-order valence-corrected chi connectivity index (χ2v) is 5.44. The second-order valence-electron chi connectivity index (χ2n) is 5.00. The van der Waals surface area contributed by atoms with Crippen molar-refractivity contribution in [1.82, 2.24) is 10.6 Å². The van der Waals surface area contributed by atoms with Gasteiger partial charge in [-0.25, -0.2) is 4.79 Å². The van der Waals surface area contributed by atoms with Crippen LogP contribution in [0.5, 0.6) is 0 Å². The number of benzene rings is 1. The van der Waals surface area contributed by atoms with E-state index in [4.69, 9.17) is 11.6 Å². The van der Waals surface area contributed by atoms with Gasteiger partial charge in [0.05, 0.1) is 0 Å². The van der Waals surface area contributed by atoms with E-state index in [9.17, 15) is 4.79 Å². The molecule has 1 aliphatic heterocycles. The van der Waals surface area contributed by atoms with Crippen LogP contribution in [0, 0.1) is 5.92 Å². The van der Waals surface area contributed by atoms with Crippen molar-refractivity contribution in [2.45, 2.75) is 25.8 Å². The molecule has 1 saturated heterocycles. The number of hydrogen-bond donors (Lipinski definition) is 3. The molecule has 2 unspecified atom stereocenters. The SMILES string of the molecule is CC(NC(=O)Nc1cccc(Cl)c1)C1CCCNC1. The highest BCUT2D eigenvalue weighted by molar-refractivity contribution is 6.30. The summed E-state index contributed by atoms with van der Waals surface area (Å²) >= 11 is 5.88. The first kappa shape index (κ1) is 14.2. The highest BCUT2D eigenvalue weighted by atomic mass is 35.5. The van der Waals surface area contributed by atoms with Gasteiger partial charge in [-0.05, 0) is 57.0 Å². The lowest BCUT2D eigenvalue weighted by Gasteiger charge is -2.28. The van der Waals surface area contributed by atoms with Crippen LogP contribution < -0.4 is 16.0 Å². The monoisotopic (exact) mass is 281 g/mol. The Labute approximate surface area is 118 Å². The van der Waals surface area contributed by atoms with Crippen molar-refractivity contribution >= 4 is 23.3 Å². The number of hydrogen-bond acceptors (Lipinski definition) is 2. The minimum Gasteiger partial charge on any atom is -0.335 e. The molecule has 2 rings (SSSR count). The van der Waals surface area contributed by atoms with E-state index in [1.807, 2.05) is 12.1 Å². The number of halogens is 1. The Balaban J connectivity index is 1.83. The van der Waals surface area contributed by atoms with Gasteiger partial charge in [0.25, 0.3) is 0 Å². The number of piperidine rings is 1. The van der Waals surface area contributed by atoms with Gasteiger partial charge in [-0.3, -0.25) is 0 Å². The van der Waals surface area contributed by atoms with E-state index in [0.29, 0.717) is 16.6 Å². The summed E-state index contributed by atoms with van der Waals surface area (Å²) in [6, 6.07) is 7.12. The predicted octanol–water partition coefficient (Wildman–Crippen LogP) is 2.85. The summed E-state index contributed by atoms with van der Waals surface area (Å²) in [5, 5.41) is 9.75. The fraction of sp³-hybridized carbons (Fsp3) is 0.500. The van der Waals surface area contributed by atoms with E-state index >= 15 is 0 Å². The number of carbonyl (C=O) groups excluding carboxylic acids is 1. The van der Waals surface area contributed by atoms with E-state index < -0.39 is 0 Å². The third-order valence-electron chi connectivity index (χ3n) is 3.48. The Morgan fingerprint density at radius 3 is 3.05 bits per heavy atom. The first-order chi connectivity index (χ1) is 9.15.